The van der Waals surface area contributed by atoms with E-state index in [0.29, 0.717) is 17.8 Å². The van der Waals surface area contributed by atoms with Crippen LogP contribution in [0.15, 0.2) is 23.8 Å². The first-order valence-electron chi connectivity index (χ1n) is 12.0. The van der Waals surface area contributed by atoms with Crippen molar-refractivity contribution in [1.82, 2.24) is 0 Å². The summed E-state index contributed by atoms with van der Waals surface area (Å²) < 4.78 is 12.5. The average molecular weight is 438 g/mol. The molecule has 0 radical (unpaired) electrons. The molecule has 0 heterocycles. The maximum absolute atomic E-state index is 9.26. The van der Waals surface area contributed by atoms with E-state index in [1.165, 1.54) is 42.4 Å². The van der Waals surface area contributed by atoms with Crippen molar-refractivity contribution in [2.45, 2.75) is 90.3 Å². The third-order valence-electron chi connectivity index (χ3n) is 9.27. The monoisotopic (exact) mass is 437 g/mol. The predicted octanol–water partition coefficient (Wildman–Crippen LogP) is 7.39. The largest absolute Gasteiger partial charge is 0.541 e. The second-order valence-corrected chi connectivity index (χ2v) is 16.5. The molecular weight excluding hydrogens is 398 g/mol. The lowest BCUT2D eigenvalue weighted by molar-refractivity contribution is 0.0813. The Bertz CT molecular complexity index is 936. The zero-order valence-electron chi connectivity index (χ0n) is 20.5. The van der Waals surface area contributed by atoms with E-state index in [2.05, 4.69) is 59.0 Å². The molecule has 3 nitrogen and oxygen atoms in total. The molecule has 0 aliphatic heterocycles. The number of fused-ring (bicyclic) bond motifs is 5. The van der Waals surface area contributed by atoms with E-state index in [-0.39, 0.29) is 10.5 Å². The quantitative estimate of drug-likeness (QED) is 0.366. The van der Waals surface area contributed by atoms with Crippen molar-refractivity contribution in [2.75, 3.05) is 7.11 Å². The number of allylic oxidation sites excluding steroid dienone is 2. The van der Waals surface area contributed by atoms with Crippen molar-refractivity contribution in [2.24, 2.45) is 17.3 Å². The van der Waals surface area contributed by atoms with Gasteiger partial charge in [-0.2, -0.15) is 5.26 Å². The van der Waals surface area contributed by atoms with Crippen LogP contribution in [0.4, 0.5) is 0 Å². The fraction of sp³-hybridized carbons (Fsp3) is 0.667. The fourth-order valence-electron chi connectivity index (χ4n) is 6.41. The highest BCUT2D eigenvalue weighted by atomic mass is 28.4. The van der Waals surface area contributed by atoms with Gasteiger partial charge in [-0.15, -0.1) is 0 Å². The predicted molar refractivity (Wildman–Crippen MR) is 129 cm³/mol. The lowest BCUT2D eigenvalue weighted by Gasteiger charge is -2.49. The Kier molecular flexibility index (Phi) is 5.57. The minimum Gasteiger partial charge on any atom is -0.541 e. The Morgan fingerprint density at radius 1 is 1.13 bits per heavy atom. The van der Waals surface area contributed by atoms with E-state index < -0.39 is 8.32 Å². The molecule has 0 unspecified atom stereocenters. The molecular formula is C27H39NO2Si. The van der Waals surface area contributed by atoms with Crippen LogP contribution in [0.3, 0.4) is 0 Å². The standard InChI is InChI=1S/C27H39NO2Si/c1-26(2,3)31(6,7)30-25-16-18-8-10-21-20(22(18)17-24(25)29-5)12-14-27(4)19(13-15-28)9-11-23(21)27/h13,16-17,20-21,23H,8-12,14H2,1-7H3/b19-13+/t20-,21+,23-,27+/m0/s1. The Morgan fingerprint density at radius 3 is 2.52 bits per heavy atom. The smallest absolute Gasteiger partial charge is 0.250 e. The summed E-state index contributed by atoms with van der Waals surface area (Å²) in [4.78, 5) is 0. The van der Waals surface area contributed by atoms with Gasteiger partial charge >= 0.3 is 0 Å². The molecule has 4 heteroatoms. The van der Waals surface area contributed by atoms with Gasteiger partial charge in [-0.05, 0) is 103 Å². The molecule has 31 heavy (non-hydrogen) atoms. The van der Waals surface area contributed by atoms with Crippen LogP contribution >= 0.6 is 0 Å². The molecule has 0 aromatic heterocycles. The number of aryl methyl sites for hydroxylation is 1. The van der Waals surface area contributed by atoms with Crippen molar-refractivity contribution < 1.29 is 9.16 Å². The molecule has 0 saturated heterocycles. The molecule has 0 N–H and O–H groups in total. The summed E-state index contributed by atoms with van der Waals surface area (Å²) in [5.41, 5.74) is 4.59. The van der Waals surface area contributed by atoms with E-state index in [1.54, 1.807) is 7.11 Å². The highest BCUT2D eigenvalue weighted by Crippen LogP contribution is 2.63. The molecule has 4 atom stereocenters. The summed E-state index contributed by atoms with van der Waals surface area (Å²) in [6.07, 6.45) is 8.97. The van der Waals surface area contributed by atoms with Gasteiger partial charge in [0.05, 0.1) is 13.2 Å². The lowest BCUT2D eigenvalue weighted by atomic mass is 9.55. The molecule has 1 aromatic rings. The molecule has 4 rings (SSSR count). The van der Waals surface area contributed by atoms with Gasteiger partial charge < -0.3 is 9.16 Å². The molecule has 168 valence electrons. The van der Waals surface area contributed by atoms with Gasteiger partial charge in [0, 0.05) is 6.08 Å². The SMILES string of the molecule is COc1cc2c(cc1O[Si](C)(C)C(C)(C)C)CC[C@@H]1[C@@H]2CC[C@]2(C)/C(=C/C#N)CC[C@@H]12. The number of methoxy groups -OCH3 is 1. The van der Waals surface area contributed by atoms with Crippen molar-refractivity contribution in [1.29, 1.82) is 5.26 Å². The van der Waals surface area contributed by atoms with E-state index in [0.717, 1.165) is 24.3 Å². The van der Waals surface area contributed by atoms with Crippen molar-refractivity contribution in [3.05, 3.63) is 34.9 Å². The van der Waals surface area contributed by atoms with Crippen LogP contribution in [0.25, 0.3) is 0 Å². The molecule has 3 aliphatic rings. The number of benzene rings is 1. The first kappa shape index (κ1) is 22.5. The number of nitrogens with zero attached hydrogens (tertiary/aromatic N) is 1. The Hall–Kier alpha value is -1.73. The van der Waals surface area contributed by atoms with Gasteiger partial charge in [0.2, 0.25) is 0 Å². The van der Waals surface area contributed by atoms with Gasteiger partial charge in [-0.1, -0.05) is 33.3 Å². The number of rotatable bonds is 3. The molecule has 0 bridgehead atoms. The van der Waals surface area contributed by atoms with Crippen LogP contribution in [0.1, 0.15) is 76.8 Å². The van der Waals surface area contributed by atoms with Crippen LogP contribution in [0.2, 0.25) is 18.1 Å². The topological polar surface area (TPSA) is 42.2 Å². The molecule has 2 fully saturated rings. The zero-order chi connectivity index (χ0) is 22.6. The van der Waals surface area contributed by atoms with Crippen molar-refractivity contribution in [3.8, 4) is 17.6 Å². The van der Waals surface area contributed by atoms with Crippen molar-refractivity contribution >= 4 is 8.32 Å². The van der Waals surface area contributed by atoms with Crippen LogP contribution in [-0.4, -0.2) is 15.4 Å². The zero-order valence-corrected chi connectivity index (χ0v) is 21.5. The molecule has 2 saturated carbocycles. The lowest BCUT2D eigenvalue weighted by Crippen LogP contribution is -2.44. The molecule has 1 aromatic carbocycles. The van der Waals surface area contributed by atoms with Gasteiger partial charge in [0.1, 0.15) is 5.75 Å². The van der Waals surface area contributed by atoms with E-state index in [1.807, 2.05) is 6.08 Å². The van der Waals surface area contributed by atoms with Gasteiger partial charge in [-0.3, -0.25) is 0 Å². The summed E-state index contributed by atoms with van der Waals surface area (Å²) in [6.45, 7) is 13.9. The van der Waals surface area contributed by atoms with Crippen LogP contribution in [0, 0.1) is 28.6 Å². The summed E-state index contributed by atoms with van der Waals surface area (Å²) in [5.74, 6) is 3.86. The van der Waals surface area contributed by atoms with Crippen LogP contribution in [-0.2, 0) is 6.42 Å². The minimum absolute atomic E-state index is 0.157. The van der Waals surface area contributed by atoms with Gasteiger partial charge in [-0.25, -0.2) is 0 Å². The average Bonchev–Trinajstić information content (AvgIpc) is 3.03. The van der Waals surface area contributed by atoms with Crippen molar-refractivity contribution in [3.63, 3.8) is 0 Å². The fourth-order valence-corrected chi connectivity index (χ4v) is 7.42. The van der Waals surface area contributed by atoms with E-state index in [4.69, 9.17) is 9.16 Å². The second-order valence-electron chi connectivity index (χ2n) is 11.8. The summed E-state index contributed by atoms with van der Waals surface area (Å²) in [5, 5.41) is 9.42. The Morgan fingerprint density at radius 2 is 1.87 bits per heavy atom. The molecule has 3 aliphatic carbocycles. The second kappa shape index (κ2) is 7.69. The highest BCUT2D eigenvalue weighted by Gasteiger charge is 2.52. The third kappa shape index (κ3) is 3.63. The Labute approximate surface area is 190 Å². The number of ether oxygens (including phenoxy) is 1. The van der Waals surface area contributed by atoms with E-state index >= 15 is 0 Å². The first-order valence-corrected chi connectivity index (χ1v) is 14.9. The van der Waals surface area contributed by atoms with Gasteiger partial charge in [0.25, 0.3) is 8.32 Å². The first-order chi connectivity index (χ1) is 14.5. The summed E-state index contributed by atoms with van der Waals surface area (Å²) in [7, 11) is -0.157. The van der Waals surface area contributed by atoms with Crippen LogP contribution < -0.4 is 9.16 Å². The number of nitriles is 1. The number of hydrogen-bond donors (Lipinski definition) is 0. The molecule has 0 spiro atoms. The third-order valence-corrected chi connectivity index (χ3v) is 13.6. The van der Waals surface area contributed by atoms with Crippen LogP contribution in [0.5, 0.6) is 11.5 Å². The normalized spacial score (nSPS) is 31.4. The maximum atomic E-state index is 9.26. The molecule has 0 amide bonds. The van der Waals surface area contributed by atoms with E-state index in [9.17, 15) is 5.26 Å². The maximum Gasteiger partial charge on any atom is 0.250 e. The Balaban J connectivity index is 1.67. The summed E-state index contributed by atoms with van der Waals surface area (Å²) in [6, 6.07) is 6.92. The highest BCUT2D eigenvalue weighted by molar-refractivity contribution is 6.74. The van der Waals surface area contributed by atoms with Gasteiger partial charge in [0.15, 0.2) is 5.75 Å². The minimum atomic E-state index is -1.93. The summed E-state index contributed by atoms with van der Waals surface area (Å²) >= 11 is 0. The number of hydrogen-bond acceptors (Lipinski definition) is 3.